The molecular weight excluding hydrogens is 432 g/mol. The summed E-state index contributed by atoms with van der Waals surface area (Å²) in [7, 11) is 1.50. The number of hydrogen-bond donors (Lipinski definition) is 1. The Morgan fingerprint density at radius 1 is 1.09 bits per heavy atom. The third kappa shape index (κ3) is 4.42. The fourth-order valence-corrected chi connectivity index (χ4v) is 7.74. The molecular formula is C27H32N2O3S. The van der Waals surface area contributed by atoms with Gasteiger partial charge in [-0.05, 0) is 80.9 Å². The van der Waals surface area contributed by atoms with E-state index in [1.165, 1.54) is 12.7 Å². The van der Waals surface area contributed by atoms with Crippen LogP contribution in [0.25, 0.3) is 0 Å². The van der Waals surface area contributed by atoms with Crippen LogP contribution in [0.2, 0.25) is 0 Å². The van der Waals surface area contributed by atoms with E-state index in [4.69, 9.17) is 9.72 Å². The molecule has 33 heavy (non-hydrogen) atoms. The quantitative estimate of drug-likeness (QED) is 0.470. The fourth-order valence-electron chi connectivity index (χ4n) is 6.68. The van der Waals surface area contributed by atoms with Crippen LogP contribution in [0.3, 0.4) is 0 Å². The van der Waals surface area contributed by atoms with Crippen LogP contribution in [-0.4, -0.2) is 35.8 Å². The van der Waals surface area contributed by atoms with Gasteiger partial charge in [0.15, 0.2) is 0 Å². The molecule has 2 atom stereocenters. The van der Waals surface area contributed by atoms with Gasteiger partial charge in [0, 0.05) is 17.5 Å². The van der Waals surface area contributed by atoms with Gasteiger partial charge < -0.3 is 10.1 Å². The number of aryl methyl sites for hydroxylation is 2. The van der Waals surface area contributed by atoms with Crippen molar-refractivity contribution in [2.75, 3.05) is 12.9 Å². The molecule has 2 aromatic rings. The average molecular weight is 465 g/mol. The molecule has 5 nitrogen and oxygen atoms in total. The van der Waals surface area contributed by atoms with E-state index in [1.54, 1.807) is 11.8 Å². The summed E-state index contributed by atoms with van der Waals surface area (Å²) in [5.41, 5.74) is 2.55. The van der Waals surface area contributed by atoms with E-state index in [2.05, 4.69) is 29.6 Å². The molecule has 0 radical (unpaired) electrons. The molecule has 6 heteroatoms. The van der Waals surface area contributed by atoms with Crippen LogP contribution >= 0.6 is 11.8 Å². The standard InChI is InChI=1S/C27H32N2O3S/c1-17-8-9-22(25(28-17)33-11-10-18-6-4-3-5-7-18)24(30)29-23-20-12-19-13-21(23)16-27(14-19,15-20)26(31)32-2/h3-9,19-21,23H,10-16H2,1-2H3,(H,29,30). The van der Waals surface area contributed by atoms with E-state index in [0.29, 0.717) is 23.3 Å². The third-order valence-electron chi connectivity index (χ3n) is 7.91. The van der Waals surface area contributed by atoms with E-state index in [1.807, 2.05) is 25.1 Å². The molecule has 6 rings (SSSR count). The van der Waals surface area contributed by atoms with Crippen LogP contribution in [-0.2, 0) is 16.0 Å². The van der Waals surface area contributed by atoms with Crippen molar-refractivity contribution in [3.63, 3.8) is 0 Å². The molecule has 0 aliphatic heterocycles. The number of amides is 1. The summed E-state index contributed by atoms with van der Waals surface area (Å²) in [4.78, 5) is 30.7. The van der Waals surface area contributed by atoms with Gasteiger partial charge in [-0.3, -0.25) is 9.59 Å². The number of carbonyl (C=O) groups excluding carboxylic acids is 2. The number of nitrogens with zero attached hydrogens (tertiary/aromatic N) is 1. The van der Waals surface area contributed by atoms with Crippen LogP contribution < -0.4 is 5.32 Å². The van der Waals surface area contributed by atoms with Crippen molar-refractivity contribution < 1.29 is 14.3 Å². The van der Waals surface area contributed by atoms with Gasteiger partial charge in [-0.25, -0.2) is 4.98 Å². The second-order valence-corrected chi connectivity index (χ2v) is 11.2. The number of methoxy groups -OCH3 is 1. The first-order valence-electron chi connectivity index (χ1n) is 12.0. The van der Waals surface area contributed by atoms with Crippen molar-refractivity contribution in [1.29, 1.82) is 0 Å². The maximum atomic E-state index is 13.4. The van der Waals surface area contributed by atoms with E-state index >= 15 is 0 Å². The topological polar surface area (TPSA) is 68.3 Å². The Morgan fingerprint density at radius 2 is 1.82 bits per heavy atom. The van der Waals surface area contributed by atoms with Crippen molar-refractivity contribution in [2.45, 2.75) is 56.5 Å². The predicted octanol–water partition coefficient (Wildman–Crippen LogP) is 4.82. The minimum atomic E-state index is -0.323. The highest BCUT2D eigenvalue weighted by molar-refractivity contribution is 7.99. The summed E-state index contributed by atoms with van der Waals surface area (Å²) >= 11 is 1.65. The van der Waals surface area contributed by atoms with Gasteiger partial charge >= 0.3 is 5.97 Å². The SMILES string of the molecule is COC(=O)C12CC3CC(C1)C(NC(=O)c1ccc(C)nc1SCCc1ccccc1)C(C3)C2. The maximum Gasteiger partial charge on any atom is 0.311 e. The van der Waals surface area contributed by atoms with Crippen molar-refractivity contribution in [1.82, 2.24) is 10.3 Å². The Labute approximate surface area is 200 Å². The summed E-state index contributed by atoms with van der Waals surface area (Å²) in [6.07, 6.45) is 5.77. The summed E-state index contributed by atoms with van der Waals surface area (Å²) in [6.45, 7) is 1.97. The molecule has 2 unspecified atom stereocenters. The lowest BCUT2D eigenvalue weighted by atomic mass is 9.48. The zero-order valence-electron chi connectivity index (χ0n) is 19.4. The van der Waals surface area contributed by atoms with Crippen LogP contribution in [0.4, 0.5) is 0 Å². The fraction of sp³-hybridized carbons (Fsp3) is 0.519. The van der Waals surface area contributed by atoms with Crippen molar-refractivity contribution in [2.24, 2.45) is 23.2 Å². The van der Waals surface area contributed by atoms with Crippen LogP contribution in [0.5, 0.6) is 0 Å². The molecule has 4 saturated carbocycles. The number of ether oxygens (including phenoxy) is 1. The van der Waals surface area contributed by atoms with Gasteiger partial charge in [0.05, 0.1) is 18.1 Å². The normalized spacial score (nSPS) is 29.6. The Morgan fingerprint density at radius 3 is 2.52 bits per heavy atom. The molecule has 0 saturated heterocycles. The number of pyridine rings is 1. The van der Waals surface area contributed by atoms with Gasteiger partial charge in [-0.1, -0.05) is 30.3 Å². The second kappa shape index (κ2) is 9.13. The van der Waals surface area contributed by atoms with E-state index in [9.17, 15) is 9.59 Å². The van der Waals surface area contributed by atoms with Gasteiger partial charge in [0.2, 0.25) is 0 Å². The molecule has 4 fully saturated rings. The molecule has 1 N–H and O–H groups in total. The largest absolute Gasteiger partial charge is 0.469 e. The zero-order chi connectivity index (χ0) is 23.0. The number of nitrogens with one attached hydrogen (secondary N) is 1. The van der Waals surface area contributed by atoms with Crippen molar-refractivity contribution in [3.8, 4) is 0 Å². The lowest BCUT2D eigenvalue weighted by Crippen LogP contribution is -2.61. The first kappa shape index (κ1) is 22.5. The number of carbonyl (C=O) groups is 2. The summed E-state index contributed by atoms with van der Waals surface area (Å²) in [6, 6.07) is 14.4. The molecule has 4 aliphatic carbocycles. The first-order valence-corrected chi connectivity index (χ1v) is 13.0. The second-order valence-electron chi connectivity index (χ2n) is 10.1. The molecule has 174 valence electrons. The van der Waals surface area contributed by atoms with Crippen molar-refractivity contribution in [3.05, 3.63) is 59.3 Å². The molecule has 1 heterocycles. The van der Waals surface area contributed by atoms with Gasteiger partial charge in [-0.15, -0.1) is 11.8 Å². The zero-order valence-corrected chi connectivity index (χ0v) is 20.2. The summed E-state index contributed by atoms with van der Waals surface area (Å²) in [5.74, 6) is 2.08. The molecule has 0 spiro atoms. The highest BCUT2D eigenvalue weighted by Gasteiger charge is 2.59. The molecule has 1 aromatic heterocycles. The van der Waals surface area contributed by atoms with Crippen LogP contribution in [0.1, 0.15) is 53.7 Å². The van der Waals surface area contributed by atoms with Gasteiger partial charge in [0.25, 0.3) is 5.91 Å². The number of aromatic nitrogens is 1. The van der Waals surface area contributed by atoms with Gasteiger partial charge in [0.1, 0.15) is 5.03 Å². The summed E-state index contributed by atoms with van der Waals surface area (Å²) in [5, 5.41) is 4.18. The number of thioether (sulfide) groups is 1. The number of hydrogen-bond acceptors (Lipinski definition) is 5. The van der Waals surface area contributed by atoms with Gasteiger partial charge in [-0.2, -0.15) is 0 Å². The monoisotopic (exact) mass is 464 g/mol. The maximum absolute atomic E-state index is 13.4. The Balaban J connectivity index is 1.28. The molecule has 1 aromatic carbocycles. The average Bonchev–Trinajstić information content (AvgIpc) is 2.81. The number of rotatable bonds is 7. The summed E-state index contributed by atoms with van der Waals surface area (Å²) < 4.78 is 5.18. The Kier molecular flexibility index (Phi) is 6.21. The Bertz CT molecular complexity index is 1020. The highest BCUT2D eigenvalue weighted by atomic mass is 32.2. The van der Waals surface area contributed by atoms with E-state index in [-0.39, 0.29) is 23.3 Å². The minimum absolute atomic E-state index is 0.0331. The molecule has 1 amide bonds. The minimum Gasteiger partial charge on any atom is -0.469 e. The van der Waals surface area contributed by atoms with Crippen molar-refractivity contribution >= 4 is 23.6 Å². The predicted molar refractivity (Wildman–Crippen MR) is 129 cm³/mol. The first-order chi connectivity index (χ1) is 16.0. The van der Waals surface area contributed by atoms with Crippen LogP contribution in [0.15, 0.2) is 47.5 Å². The highest BCUT2D eigenvalue weighted by Crippen LogP contribution is 2.60. The van der Waals surface area contributed by atoms with E-state index < -0.39 is 0 Å². The van der Waals surface area contributed by atoms with Crippen LogP contribution in [0, 0.1) is 30.1 Å². The lowest BCUT2D eigenvalue weighted by molar-refractivity contribution is -0.170. The lowest BCUT2D eigenvalue weighted by Gasteiger charge is -2.58. The number of benzene rings is 1. The number of esters is 1. The molecule has 4 bridgehead atoms. The smallest absolute Gasteiger partial charge is 0.311 e. The molecule has 4 aliphatic rings. The third-order valence-corrected chi connectivity index (χ3v) is 8.90. The van der Waals surface area contributed by atoms with E-state index in [0.717, 1.165) is 55.0 Å². The Hall–Kier alpha value is -2.34.